The maximum Gasteiger partial charge on any atom is 0.255 e. The molecule has 0 fully saturated rings. The van der Waals surface area contributed by atoms with E-state index in [1.54, 1.807) is 18.2 Å². The fourth-order valence-electron chi connectivity index (χ4n) is 1.84. The third-order valence-electron chi connectivity index (χ3n) is 2.98. The molecule has 110 valence electrons. The summed E-state index contributed by atoms with van der Waals surface area (Å²) < 4.78 is 23.0. The van der Waals surface area contributed by atoms with Crippen LogP contribution in [0.2, 0.25) is 0 Å². The number of nitrogens with two attached hydrogens (primary N) is 1. The fourth-order valence-corrected chi connectivity index (χ4v) is 2.51. The second-order valence-corrected chi connectivity index (χ2v) is 6.86. The van der Waals surface area contributed by atoms with E-state index in [0.29, 0.717) is 11.4 Å². The number of hydrogen-bond donors (Lipinski definition) is 2. The highest BCUT2D eigenvalue weighted by Crippen LogP contribution is 2.21. The summed E-state index contributed by atoms with van der Waals surface area (Å²) in [5.41, 5.74) is 7.99. The van der Waals surface area contributed by atoms with Crippen molar-refractivity contribution in [2.24, 2.45) is 0 Å². The van der Waals surface area contributed by atoms with Crippen molar-refractivity contribution in [3.05, 3.63) is 53.6 Å². The molecule has 0 aliphatic heterocycles. The van der Waals surface area contributed by atoms with Gasteiger partial charge in [0.05, 0.1) is 16.3 Å². The second-order valence-electron chi connectivity index (χ2n) is 4.84. The number of rotatable bonds is 3. The van der Waals surface area contributed by atoms with E-state index in [0.717, 1.165) is 11.8 Å². The van der Waals surface area contributed by atoms with Crippen molar-refractivity contribution in [2.75, 3.05) is 17.3 Å². The highest BCUT2D eigenvalue weighted by Gasteiger charge is 2.12. The van der Waals surface area contributed by atoms with Gasteiger partial charge in [-0.2, -0.15) is 0 Å². The lowest BCUT2D eigenvalue weighted by atomic mass is 10.1. The summed E-state index contributed by atoms with van der Waals surface area (Å²) in [4.78, 5) is 12.3. The minimum Gasteiger partial charge on any atom is -0.397 e. The second kappa shape index (κ2) is 5.57. The molecule has 3 N–H and O–H groups in total. The Morgan fingerprint density at radius 3 is 2.52 bits per heavy atom. The van der Waals surface area contributed by atoms with Gasteiger partial charge in [0.2, 0.25) is 0 Å². The van der Waals surface area contributed by atoms with Crippen LogP contribution in [0.4, 0.5) is 11.4 Å². The van der Waals surface area contributed by atoms with E-state index >= 15 is 0 Å². The smallest absolute Gasteiger partial charge is 0.255 e. The van der Waals surface area contributed by atoms with Gasteiger partial charge in [-0.05, 0) is 42.8 Å². The number of sulfone groups is 1. The van der Waals surface area contributed by atoms with Crippen LogP contribution in [0.3, 0.4) is 0 Å². The normalized spacial score (nSPS) is 11.1. The highest BCUT2D eigenvalue weighted by atomic mass is 32.2. The number of nitrogens with one attached hydrogen (secondary N) is 1. The maximum atomic E-state index is 12.2. The zero-order chi connectivity index (χ0) is 15.6. The van der Waals surface area contributed by atoms with Gasteiger partial charge in [0, 0.05) is 11.8 Å². The SMILES string of the molecule is Cc1ccc(N)c(NC(=O)c2cccc(S(C)(=O)=O)c2)c1. The number of carbonyl (C=O) groups excluding carboxylic acids is 1. The van der Waals surface area contributed by atoms with E-state index in [4.69, 9.17) is 5.73 Å². The largest absolute Gasteiger partial charge is 0.397 e. The molecule has 5 nitrogen and oxygen atoms in total. The van der Waals surface area contributed by atoms with Crippen LogP contribution in [0.25, 0.3) is 0 Å². The Labute approximate surface area is 123 Å². The van der Waals surface area contributed by atoms with E-state index in [1.165, 1.54) is 18.2 Å². The molecule has 0 aliphatic rings. The van der Waals surface area contributed by atoms with Crippen LogP contribution in [-0.4, -0.2) is 20.6 Å². The molecule has 1 amide bonds. The topological polar surface area (TPSA) is 89.3 Å². The first-order chi connectivity index (χ1) is 9.77. The molecule has 0 aliphatic carbocycles. The van der Waals surface area contributed by atoms with Gasteiger partial charge in [-0.15, -0.1) is 0 Å². The molecule has 0 heterocycles. The predicted molar refractivity (Wildman–Crippen MR) is 83.1 cm³/mol. The zero-order valence-corrected chi connectivity index (χ0v) is 12.6. The molecule has 0 spiro atoms. The summed E-state index contributed by atoms with van der Waals surface area (Å²) in [5, 5.41) is 2.69. The molecule has 0 atom stereocenters. The van der Waals surface area contributed by atoms with Crippen LogP contribution in [0, 0.1) is 6.92 Å². The van der Waals surface area contributed by atoms with Gasteiger partial charge in [0.15, 0.2) is 9.84 Å². The average molecular weight is 304 g/mol. The summed E-state index contributed by atoms with van der Waals surface area (Å²) in [7, 11) is -3.35. The lowest BCUT2D eigenvalue weighted by molar-refractivity contribution is 0.102. The number of nitrogen functional groups attached to an aromatic ring is 1. The molecule has 0 saturated heterocycles. The highest BCUT2D eigenvalue weighted by molar-refractivity contribution is 7.90. The van der Waals surface area contributed by atoms with Gasteiger partial charge >= 0.3 is 0 Å². The van der Waals surface area contributed by atoms with Crippen LogP contribution >= 0.6 is 0 Å². The van der Waals surface area contributed by atoms with E-state index in [9.17, 15) is 13.2 Å². The van der Waals surface area contributed by atoms with Gasteiger partial charge in [0.25, 0.3) is 5.91 Å². The number of carbonyl (C=O) groups is 1. The molecule has 0 radical (unpaired) electrons. The number of anilines is 2. The first kappa shape index (κ1) is 15.1. The Balaban J connectivity index is 2.31. The van der Waals surface area contributed by atoms with E-state index in [1.807, 2.05) is 13.0 Å². The van der Waals surface area contributed by atoms with Gasteiger partial charge in [-0.25, -0.2) is 8.42 Å². The predicted octanol–water partition coefficient (Wildman–Crippen LogP) is 2.23. The van der Waals surface area contributed by atoms with E-state index < -0.39 is 15.7 Å². The van der Waals surface area contributed by atoms with Crippen LogP contribution in [-0.2, 0) is 9.84 Å². The molecule has 2 aromatic rings. The number of amides is 1. The van der Waals surface area contributed by atoms with Crippen LogP contribution in [0.15, 0.2) is 47.4 Å². The summed E-state index contributed by atoms with van der Waals surface area (Å²) in [6.07, 6.45) is 1.10. The van der Waals surface area contributed by atoms with Crippen molar-refractivity contribution in [3.63, 3.8) is 0 Å². The van der Waals surface area contributed by atoms with Crippen molar-refractivity contribution < 1.29 is 13.2 Å². The third kappa shape index (κ3) is 3.61. The monoisotopic (exact) mass is 304 g/mol. The van der Waals surface area contributed by atoms with Crippen molar-refractivity contribution in [1.82, 2.24) is 0 Å². The van der Waals surface area contributed by atoms with Crippen LogP contribution in [0.5, 0.6) is 0 Å². The van der Waals surface area contributed by atoms with Gasteiger partial charge in [-0.3, -0.25) is 4.79 Å². The number of hydrogen-bond acceptors (Lipinski definition) is 4. The lowest BCUT2D eigenvalue weighted by Gasteiger charge is -2.09. The molecule has 0 bridgehead atoms. The van der Waals surface area contributed by atoms with Crippen LogP contribution < -0.4 is 11.1 Å². The van der Waals surface area contributed by atoms with E-state index in [2.05, 4.69) is 5.32 Å². The minimum absolute atomic E-state index is 0.104. The fraction of sp³-hybridized carbons (Fsp3) is 0.133. The number of aryl methyl sites for hydroxylation is 1. The summed E-state index contributed by atoms with van der Waals surface area (Å²) in [6, 6.07) is 11.2. The Morgan fingerprint density at radius 1 is 1.14 bits per heavy atom. The maximum absolute atomic E-state index is 12.2. The standard InChI is InChI=1S/C15H16N2O3S/c1-10-6-7-13(16)14(8-10)17-15(18)11-4-3-5-12(9-11)21(2,19)20/h3-9H,16H2,1-2H3,(H,17,18). The first-order valence-electron chi connectivity index (χ1n) is 6.25. The van der Waals surface area contributed by atoms with Crippen molar-refractivity contribution >= 4 is 27.1 Å². The van der Waals surface area contributed by atoms with Crippen LogP contribution in [0.1, 0.15) is 15.9 Å². The van der Waals surface area contributed by atoms with Gasteiger partial charge in [0.1, 0.15) is 0 Å². The third-order valence-corrected chi connectivity index (χ3v) is 4.09. The Kier molecular flexibility index (Phi) is 3.99. The molecule has 0 saturated carbocycles. The van der Waals surface area contributed by atoms with Crippen molar-refractivity contribution in [2.45, 2.75) is 11.8 Å². The van der Waals surface area contributed by atoms with Crippen molar-refractivity contribution in [1.29, 1.82) is 0 Å². The van der Waals surface area contributed by atoms with Gasteiger partial charge < -0.3 is 11.1 Å². The molecular weight excluding hydrogens is 288 g/mol. The molecular formula is C15H16N2O3S. The Hall–Kier alpha value is -2.34. The molecule has 0 unspecified atom stereocenters. The summed E-state index contributed by atoms with van der Waals surface area (Å²) in [5.74, 6) is -0.405. The minimum atomic E-state index is -3.35. The average Bonchev–Trinajstić information content (AvgIpc) is 2.42. The molecule has 21 heavy (non-hydrogen) atoms. The summed E-state index contributed by atoms with van der Waals surface area (Å²) in [6.45, 7) is 1.89. The Bertz CT molecular complexity index is 798. The molecule has 2 rings (SSSR count). The molecule has 2 aromatic carbocycles. The van der Waals surface area contributed by atoms with Gasteiger partial charge in [-0.1, -0.05) is 12.1 Å². The number of benzene rings is 2. The zero-order valence-electron chi connectivity index (χ0n) is 11.8. The first-order valence-corrected chi connectivity index (χ1v) is 8.14. The quantitative estimate of drug-likeness (QED) is 0.851. The molecule has 0 aromatic heterocycles. The lowest BCUT2D eigenvalue weighted by Crippen LogP contribution is -2.14. The Morgan fingerprint density at radius 2 is 1.86 bits per heavy atom. The van der Waals surface area contributed by atoms with E-state index in [-0.39, 0.29) is 10.5 Å². The summed E-state index contributed by atoms with van der Waals surface area (Å²) >= 11 is 0. The molecule has 6 heteroatoms. The van der Waals surface area contributed by atoms with Crippen molar-refractivity contribution in [3.8, 4) is 0 Å².